The fourth-order valence-electron chi connectivity index (χ4n) is 3.65. The van der Waals surface area contributed by atoms with Crippen LogP contribution in [0.3, 0.4) is 0 Å². The first-order valence-electron chi connectivity index (χ1n) is 9.06. The van der Waals surface area contributed by atoms with E-state index in [1.54, 1.807) is 30.2 Å². The summed E-state index contributed by atoms with van der Waals surface area (Å²) in [5.74, 6) is 0.857. The standard InChI is InChI=1S/C18H24N2O3S2/c1-22-10-8-20-17(21)15-13-6-2-3-7-14(13)25-16(15)19-18(20)24-11-12-5-4-9-23-12/h12H,2-11H2,1H3/t12-/m0/s1. The molecule has 0 bridgehead atoms. The normalized spacial score (nSPS) is 20.3. The van der Waals surface area contributed by atoms with Crippen LogP contribution in [-0.4, -0.2) is 41.7 Å². The molecule has 0 amide bonds. The maximum Gasteiger partial charge on any atom is 0.263 e. The van der Waals surface area contributed by atoms with Gasteiger partial charge in [-0.2, -0.15) is 0 Å². The van der Waals surface area contributed by atoms with Gasteiger partial charge in [-0.1, -0.05) is 11.8 Å². The van der Waals surface area contributed by atoms with Crippen molar-refractivity contribution in [3.8, 4) is 0 Å². The first kappa shape index (κ1) is 17.5. The molecule has 0 radical (unpaired) electrons. The molecule has 0 N–H and O–H groups in total. The molecule has 136 valence electrons. The fraction of sp³-hybridized carbons (Fsp3) is 0.667. The van der Waals surface area contributed by atoms with Crippen LogP contribution in [-0.2, 0) is 28.9 Å². The molecule has 2 aromatic heterocycles. The maximum atomic E-state index is 13.2. The molecular formula is C18H24N2O3S2. The summed E-state index contributed by atoms with van der Waals surface area (Å²) in [5.41, 5.74) is 1.36. The third-order valence-corrected chi connectivity index (χ3v) is 7.28. The molecule has 7 heteroatoms. The smallest absolute Gasteiger partial charge is 0.263 e. The summed E-state index contributed by atoms with van der Waals surface area (Å²) >= 11 is 3.37. The van der Waals surface area contributed by atoms with Gasteiger partial charge in [0, 0.05) is 24.3 Å². The van der Waals surface area contributed by atoms with Crippen LogP contribution in [0.15, 0.2) is 9.95 Å². The van der Waals surface area contributed by atoms with E-state index in [0.29, 0.717) is 13.2 Å². The fourth-order valence-corrected chi connectivity index (χ4v) is 6.05. The second-order valence-electron chi connectivity index (χ2n) is 6.68. The number of methoxy groups -OCH3 is 1. The lowest BCUT2D eigenvalue weighted by molar-refractivity contribution is 0.128. The van der Waals surface area contributed by atoms with Crippen LogP contribution in [0, 0.1) is 0 Å². The van der Waals surface area contributed by atoms with Gasteiger partial charge >= 0.3 is 0 Å². The van der Waals surface area contributed by atoms with Crippen molar-refractivity contribution in [2.75, 3.05) is 26.1 Å². The Balaban J connectivity index is 1.72. The number of fused-ring (bicyclic) bond motifs is 3. The van der Waals surface area contributed by atoms with Crippen molar-refractivity contribution < 1.29 is 9.47 Å². The van der Waals surface area contributed by atoms with Crippen molar-refractivity contribution >= 4 is 33.3 Å². The van der Waals surface area contributed by atoms with E-state index >= 15 is 0 Å². The van der Waals surface area contributed by atoms with Crippen LogP contribution < -0.4 is 5.56 Å². The lowest BCUT2D eigenvalue weighted by atomic mass is 9.97. The summed E-state index contributed by atoms with van der Waals surface area (Å²) in [4.78, 5) is 20.4. The number of thiophene rings is 1. The van der Waals surface area contributed by atoms with Gasteiger partial charge in [0.05, 0.1) is 24.6 Å². The lowest BCUT2D eigenvalue weighted by Crippen LogP contribution is -2.26. The van der Waals surface area contributed by atoms with Crippen LogP contribution >= 0.6 is 23.1 Å². The van der Waals surface area contributed by atoms with Gasteiger partial charge in [0.15, 0.2) is 5.16 Å². The van der Waals surface area contributed by atoms with Crippen molar-refractivity contribution in [1.29, 1.82) is 0 Å². The Hall–Kier alpha value is -0.890. The van der Waals surface area contributed by atoms with Crippen LogP contribution in [0.5, 0.6) is 0 Å². The van der Waals surface area contributed by atoms with E-state index < -0.39 is 0 Å². The molecular weight excluding hydrogens is 356 g/mol. The largest absolute Gasteiger partial charge is 0.383 e. The minimum absolute atomic E-state index is 0.108. The van der Waals surface area contributed by atoms with E-state index in [2.05, 4.69) is 0 Å². The number of rotatable bonds is 6. The second kappa shape index (κ2) is 7.78. The second-order valence-corrected chi connectivity index (χ2v) is 8.75. The zero-order valence-corrected chi connectivity index (χ0v) is 16.2. The highest BCUT2D eigenvalue weighted by Crippen LogP contribution is 2.35. The molecule has 1 aliphatic heterocycles. The zero-order chi connectivity index (χ0) is 17.2. The summed E-state index contributed by atoms with van der Waals surface area (Å²) < 4.78 is 12.8. The van der Waals surface area contributed by atoms with Gasteiger partial charge in [-0.15, -0.1) is 11.3 Å². The Labute approximate surface area is 155 Å². The molecule has 1 atom stereocenters. The summed E-state index contributed by atoms with van der Waals surface area (Å²) in [6.07, 6.45) is 7.01. The van der Waals surface area contributed by atoms with E-state index in [-0.39, 0.29) is 11.7 Å². The van der Waals surface area contributed by atoms with E-state index in [1.807, 2.05) is 4.57 Å². The van der Waals surface area contributed by atoms with Crippen molar-refractivity contribution in [3.05, 3.63) is 20.8 Å². The molecule has 1 saturated heterocycles. The number of hydrogen-bond donors (Lipinski definition) is 0. The minimum atomic E-state index is 0.108. The predicted octanol–water partition coefficient (Wildman–Crippen LogP) is 3.25. The van der Waals surface area contributed by atoms with Gasteiger partial charge in [-0.05, 0) is 44.1 Å². The predicted molar refractivity (Wildman–Crippen MR) is 102 cm³/mol. The monoisotopic (exact) mass is 380 g/mol. The van der Waals surface area contributed by atoms with Gasteiger partial charge in [-0.3, -0.25) is 9.36 Å². The highest BCUT2D eigenvalue weighted by molar-refractivity contribution is 7.99. The lowest BCUT2D eigenvalue weighted by Gasteiger charge is -2.14. The Morgan fingerprint density at radius 3 is 3.04 bits per heavy atom. The Morgan fingerprint density at radius 1 is 1.36 bits per heavy atom. The van der Waals surface area contributed by atoms with Crippen molar-refractivity contribution in [2.45, 2.75) is 56.3 Å². The Morgan fingerprint density at radius 2 is 2.24 bits per heavy atom. The van der Waals surface area contributed by atoms with Gasteiger partial charge in [0.25, 0.3) is 5.56 Å². The number of aryl methyl sites for hydroxylation is 2. The molecule has 1 aliphatic carbocycles. The van der Waals surface area contributed by atoms with Crippen molar-refractivity contribution in [1.82, 2.24) is 9.55 Å². The third-order valence-electron chi connectivity index (χ3n) is 4.98. The van der Waals surface area contributed by atoms with Crippen LogP contribution in [0.4, 0.5) is 0 Å². The molecule has 2 aromatic rings. The van der Waals surface area contributed by atoms with Crippen LogP contribution in [0.2, 0.25) is 0 Å². The van der Waals surface area contributed by atoms with Crippen LogP contribution in [0.25, 0.3) is 10.2 Å². The average molecular weight is 381 g/mol. The van der Waals surface area contributed by atoms with Crippen molar-refractivity contribution in [2.24, 2.45) is 0 Å². The third kappa shape index (κ3) is 3.52. The number of nitrogens with zero attached hydrogens (tertiary/aromatic N) is 2. The highest BCUT2D eigenvalue weighted by atomic mass is 32.2. The summed E-state index contributed by atoms with van der Waals surface area (Å²) in [6.45, 7) is 1.93. The van der Waals surface area contributed by atoms with Gasteiger partial charge < -0.3 is 9.47 Å². The molecule has 2 aliphatic rings. The van der Waals surface area contributed by atoms with E-state index in [9.17, 15) is 4.79 Å². The molecule has 5 nitrogen and oxygen atoms in total. The number of hydrogen-bond acceptors (Lipinski definition) is 6. The highest BCUT2D eigenvalue weighted by Gasteiger charge is 2.23. The Kier molecular flexibility index (Phi) is 5.45. The molecule has 3 heterocycles. The SMILES string of the molecule is COCCn1c(SC[C@@H]2CCCO2)nc2sc3c(c2c1=O)CCCC3. The minimum Gasteiger partial charge on any atom is -0.383 e. The maximum absolute atomic E-state index is 13.2. The average Bonchev–Trinajstić information content (AvgIpc) is 3.26. The molecule has 1 fully saturated rings. The van der Waals surface area contributed by atoms with Crippen LogP contribution in [0.1, 0.15) is 36.1 Å². The molecule has 0 aromatic carbocycles. The molecule has 0 saturated carbocycles. The zero-order valence-electron chi connectivity index (χ0n) is 14.6. The molecule has 0 spiro atoms. The number of thioether (sulfide) groups is 1. The molecule has 25 heavy (non-hydrogen) atoms. The summed E-state index contributed by atoms with van der Waals surface area (Å²) in [7, 11) is 1.67. The first-order chi connectivity index (χ1) is 12.3. The van der Waals surface area contributed by atoms with Crippen molar-refractivity contribution in [3.63, 3.8) is 0 Å². The topological polar surface area (TPSA) is 53.4 Å². The quantitative estimate of drug-likeness (QED) is 0.569. The van der Waals surface area contributed by atoms with Gasteiger partial charge in [-0.25, -0.2) is 4.98 Å². The van der Waals surface area contributed by atoms with Gasteiger partial charge in [0.2, 0.25) is 0 Å². The number of ether oxygens (including phenoxy) is 2. The summed E-state index contributed by atoms with van der Waals surface area (Å²) in [5, 5.41) is 1.67. The van der Waals surface area contributed by atoms with E-state index in [4.69, 9.17) is 14.5 Å². The molecule has 4 rings (SSSR count). The first-order valence-corrected chi connectivity index (χ1v) is 10.9. The number of aromatic nitrogens is 2. The van der Waals surface area contributed by atoms with E-state index in [1.165, 1.54) is 23.3 Å². The van der Waals surface area contributed by atoms with Gasteiger partial charge in [0.1, 0.15) is 4.83 Å². The Bertz CT molecular complexity index is 809. The molecule has 0 unspecified atom stereocenters. The summed E-state index contributed by atoms with van der Waals surface area (Å²) in [6, 6.07) is 0. The van der Waals surface area contributed by atoms with E-state index in [0.717, 1.165) is 53.4 Å².